The standard InChI is InChI=1S/C14H23N3/c1-11-3-4-12(2)17(10-11)14-6-5-13(7-8-15)9-16-14/h5-6,9,11-12H,3-4,7-8,10,15H2,1-2H3. The van der Waals surface area contributed by atoms with Crippen LogP contribution in [0.2, 0.25) is 0 Å². The summed E-state index contributed by atoms with van der Waals surface area (Å²) < 4.78 is 0. The second kappa shape index (κ2) is 5.50. The van der Waals surface area contributed by atoms with Gasteiger partial charge in [-0.05, 0) is 50.3 Å². The van der Waals surface area contributed by atoms with Gasteiger partial charge in [0.05, 0.1) is 0 Å². The molecule has 0 amide bonds. The Balaban J connectivity index is 2.10. The molecule has 0 aromatic carbocycles. The number of hydrogen-bond acceptors (Lipinski definition) is 3. The summed E-state index contributed by atoms with van der Waals surface area (Å²) >= 11 is 0. The van der Waals surface area contributed by atoms with E-state index in [1.165, 1.54) is 18.4 Å². The van der Waals surface area contributed by atoms with Gasteiger partial charge in [-0.15, -0.1) is 0 Å². The third kappa shape index (κ3) is 2.97. The van der Waals surface area contributed by atoms with Crippen LogP contribution in [0.1, 0.15) is 32.3 Å². The van der Waals surface area contributed by atoms with Crippen molar-refractivity contribution in [2.24, 2.45) is 11.7 Å². The number of anilines is 1. The molecular weight excluding hydrogens is 210 g/mol. The van der Waals surface area contributed by atoms with Crippen molar-refractivity contribution in [3.8, 4) is 0 Å². The van der Waals surface area contributed by atoms with Crippen molar-refractivity contribution < 1.29 is 0 Å². The third-order valence-electron chi connectivity index (χ3n) is 3.65. The molecule has 17 heavy (non-hydrogen) atoms. The van der Waals surface area contributed by atoms with Crippen molar-refractivity contribution in [1.29, 1.82) is 0 Å². The fourth-order valence-electron chi connectivity index (χ4n) is 2.51. The maximum atomic E-state index is 5.54. The summed E-state index contributed by atoms with van der Waals surface area (Å²) in [6, 6.07) is 4.90. The molecule has 2 rings (SSSR count). The summed E-state index contributed by atoms with van der Waals surface area (Å²) in [4.78, 5) is 7.01. The molecule has 2 heterocycles. The monoisotopic (exact) mass is 233 g/mol. The molecule has 94 valence electrons. The van der Waals surface area contributed by atoms with Crippen LogP contribution in [0.25, 0.3) is 0 Å². The minimum atomic E-state index is 0.610. The van der Waals surface area contributed by atoms with E-state index in [-0.39, 0.29) is 0 Å². The smallest absolute Gasteiger partial charge is 0.128 e. The minimum Gasteiger partial charge on any atom is -0.354 e. The summed E-state index contributed by atoms with van der Waals surface area (Å²) in [7, 11) is 0. The highest BCUT2D eigenvalue weighted by Gasteiger charge is 2.23. The molecule has 1 aliphatic rings. The number of pyridine rings is 1. The van der Waals surface area contributed by atoms with Crippen LogP contribution in [-0.2, 0) is 6.42 Å². The molecule has 3 nitrogen and oxygen atoms in total. The largest absolute Gasteiger partial charge is 0.354 e. The Bertz CT molecular complexity index is 347. The number of aromatic nitrogens is 1. The Morgan fingerprint density at radius 3 is 2.82 bits per heavy atom. The SMILES string of the molecule is CC1CCC(C)N(c2ccc(CCN)cn2)C1. The maximum absolute atomic E-state index is 5.54. The predicted molar refractivity (Wildman–Crippen MR) is 72.2 cm³/mol. The van der Waals surface area contributed by atoms with E-state index in [1.807, 2.05) is 6.20 Å². The van der Waals surface area contributed by atoms with Gasteiger partial charge in [0.25, 0.3) is 0 Å². The van der Waals surface area contributed by atoms with E-state index in [4.69, 9.17) is 5.73 Å². The molecule has 0 bridgehead atoms. The highest BCUT2D eigenvalue weighted by atomic mass is 15.2. The zero-order chi connectivity index (χ0) is 12.3. The van der Waals surface area contributed by atoms with E-state index in [9.17, 15) is 0 Å². The number of nitrogens with zero attached hydrogens (tertiary/aromatic N) is 2. The van der Waals surface area contributed by atoms with Crippen molar-refractivity contribution in [3.05, 3.63) is 23.9 Å². The van der Waals surface area contributed by atoms with E-state index in [0.717, 1.165) is 24.7 Å². The van der Waals surface area contributed by atoms with Gasteiger partial charge in [0, 0.05) is 18.8 Å². The van der Waals surface area contributed by atoms with Gasteiger partial charge >= 0.3 is 0 Å². The first-order chi connectivity index (χ1) is 8.20. The van der Waals surface area contributed by atoms with E-state index in [2.05, 4.69) is 35.9 Å². The van der Waals surface area contributed by atoms with Gasteiger partial charge in [-0.2, -0.15) is 0 Å². The number of rotatable bonds is 3. The first-order valence-corrected chi connectivity index (χ1v) is 6.62. The van der Waals surface area contributed by atoms with E-state index < -0.39 is 0 Å². The molecule has 0 saturated carbocycles. The van der Waals surface area contributed by atoms with Gasteiger partial charge in [-0.3, -0.25) is 0 Å². The highest BCUT2D eigenvalue weighted by Crippen LogP contribution is 2.25. The van der Waals surface area contributed by atoms with Gasteiger partial charge in [0.2, 0.25) is 0 Å². The zero-order valence-corrected chi connectivity index (χ0v) is 10.9. The Labute approximate surface area is 104 Å². The van der Waals surface area contributed by atoms with E-state index >= 15 is 0 Å². The molecule has 1 saturated heterocycles. The summed E-state index contributed by atoms with van der Waals surface area (Å²) in [5.41, 5.74) is 6.77. The van der Waals surface area contributed by atoms with Crippen LogP contribution in [0.3, 0.4) is 0 Å². The predicted octanol–water partition coefficient (Wildman–Crippen LogP) is 2.21. The lowest BCUT2D eigenvalue weighted by Crippen LogP contribution is -2.41. The van der Waals surface area contributed by atoms with Crippen molar-refractivity contribution in [2.45, 2.75) is 39.2 Å². The summed E-state index contributed by atoms with van der Waals surface area (Å²) in [5.74, 6) is 1.89. The second-order valence-electron chi connectivity index (χ2n) is 5.25. The molecule has 0 radical (unpaired) electrons. The maximum Gasteiger partial charge on any atom is 0.128 e. The Morgan fingerprint density at radius 1 is 1.35 bits per heavy atom. The van der Waals surface area contributed by atoms with Gasteiger partial charge in [-0.25, -0.2) is 4.98 Å². The Morgan fingerprint density at radius 2 is 2.18 bits per heavy atom. The van der Waals surface area contributed by atoms with Crippen LogP contribution >= 0.6 is 0 Å². The lowest BCUT2D eigenvalue weighted by molar-refractivity contribution is 0.388. The van der Waals surface area contributed by atoms with E-state index in [0.29, 0.717) is 12.6 Å². The molecule has 1 aromatic rings. The molecule has 1 aliphatic heterocycles. The van der Waals surface area contributed by atoms with Crippen molar-refractivity contribution in [3.63, 3.8) is 0 Å². The van der Waals surface area contributed by atoms with Crippen molar-refractivity contribution in [2.75, 3.05) is 18.0 Å². The second-order valence-corrected chi connectivity index (χ2v) is 5.25. The van der Waals surface area contributed by atoms with Crippen LogP contribution in [0.5, 0.6) is 0 Å². The number of nitrogens with two attached hydrogens (primary N) is 1. The molecule has 0 spiro atoms. The summed E-state index contributed by atoms with van der Waals surface area (Å²) in [6.45, 7) is 6.44. The molecule has 1 fully saturated rings. The van der Waals surface area contributed by atoms with Crippen LogP contribution in [0.4, 0.5) is 5.82 Å². The average Bonchev–Trinajstić information content (AvgIpc) is 2.34. The third-order valence-corrected chi connectivity index (χ3v) is 3.65. The van der Waals surface area contributed by atoms with Gasteiger partial charge in [0.1, 0.15) is 5.82 Å². The summed E-state index contributed by atoms with van der Waals surface area (Å²) in [5, 5.41) is 0. The Hall–Kier alpha value is -1.09. The van der Waals surface area contributed by atoms with Gasteiger partial charge in [0.15, 0.2) is 0 Å². The van der Waals surface area contributed by atoms with Crippen LogP contribution < -0.4 is 10.6 Å². The quantitative estimate of drug-likeness (QED) is 0.870. The number of piperidine rings is 1. The molecule has 2 N–H and O–H groups in total. The normalized spacial score (nSPS) is 25.0. The lowest BCUT2D eigenvalue weighted by atomic mass is 9.95. The van der Waals surface area contributed by atoms with Crippen molar-refractivity contribution in [1.82, 2.24) is 4.98 Å². The fourth-order valence-corrected chi connectivity index (χ4v) is 2.51. The zero-order valence-electron chi connectivity index (χ0n) is 10.9. The molecule has 0 aliphatic carbocycles. The minimum absolute atomic E-state index is 0.610. The van der Waals surface area contributed by atoms with Gasteiger partial charge < -0.3 is 10.6 Å². The molecule has 3 heteroatoms. The molecule has 2 atom stereocenters. The average molecular weight is 233 g/mol. The Kier molecular flexibility index (Phi) is 4.00. The first kappa shape index (κ1) is 12.4. The fraction of sp³-hybridized carbons (Fsp3) is 0.643. The molecule has 1 aromatic heterocycles. The number of hydrogen-bond donors (Lipinski definition) is 1. The molecular formula is C14H23N3. The van der Waals surface area contributed by atoms with Crippen LogP contribution in [0.15, 0.2) is 18.3 Å². The summed E-state index contributed by atoms with van der Waals surface area (Å²) in [6.07, 6.45) is 5.49. The van der Waals surface area contributed by atoms with Gasteiger partial charge in [-0.1, -0.05) is 13.0 Å². The molecule has 2 unspecified atom stereocenters. The highest BCUT2D eigenvalue weighted by molar-refractivity contribution is 5.41. The van der Waals surface area contributed by atoms with Crippen molar-refractivity contribution >= 4 is 5.82 Å². The lowest BCUT2D eigenvalue weighted by Gasteiger charge is -2.37. The van der Waals surface area contributed by atoms with E-state index in [1.54, 1.807) is 0 Å². The van der Waals surface area contributed by atoms with Crippen LogP contribution in [0, 0.1) is 5.92 Å². The topological polar surface area (TPSA) is 42.1 Å². The first-order valence-electron chi connectivity index (χ1n) is 6.62. The van der Waals surface area contributed by atoms with Crippen LogP contribution in [-0.4, -0.2) is 24.1 Å².